The highest BCUT2D eigenvalue weighted by atomic mass is 32.2. The van der Waals surface area contributed by atoms with Gasteiger partial charge >= 0.3 is 0 Å². The summed E-state index contributed by atoms with van der Waals surface area (Å²) < 4.78 is 15.0. The van der Waals surface area contributed by atoms with Gasteiger partial charge in [-0.05, 0) is 24.6 Å². The van der Waals surface area contributed by atoms with Crippen molar-refractivity contribution in [1.82, 2.24) is 14.5 Å². The van der Waals surface area contributed by atoms with E-state index in [4.69, 9.17) is 5.11 Å². The maximum Gasteiger partial charge on any atom is 0.233 e. The molecule has 1 amide bonds. The van der Waals surface area contributed by atoms with Gasteiger partial charge in [-0.3, -0.25) is 4.79 Å². The molecule has 0 aliphatic heterocycles. The van der Waals surface area contributed by atoms with Gasteiger partial charge in [-0.1, -0.05) is 23.9 Å². The zero-order chi connectivity index (χ0) is 16.8. The fourth-order valence-corrected chi connectivity index (χ4v) is 3.03. The number of imidazole rings is 1. The van der Waals surface area contributed by atoms with E-state index in [9.17, 15) is 9.18 Å². The van der Waals surface area contributed by atoms with Crippen LogP contribution in [0, 0.1) is 5.82 Å². The summed E-state index contributed by atoms with van der Waals surface area (Å²) in [6.45, 7) is 2.75. The third-order valence-electron chi connectivity index (χ3n) is 3.53. The minimum Gasteiger partial charge on any atom is -0.390 e. The monoisotopic (exact) mass is 337 g/mol. The van der Waals surface area contributed by atoms with Gasteiger partial charge in [0.15, 0.2) is 5.16 Å². The van der Waals surface area contributed by atoms with Gasteiger partial charge in [-0.25, -0.2) is 9.37 Å². The van der Waals surface area contributed by atoms with Gasteiger partial charge in [0.2, 0.25) is 5.91 Å². The molecule has 7 heteroatoms. The predicted octanol–water partition coefficient (Wildman–Crippen LogP) is 2.19. The van der Waals surface area contributed by atoms with E-state index in [0.717, 1.165) is 5.56 Å². The Bertz CT molecular complexity index is 675. The highest BCUT2D eigenvalue weighted by Crippen LogP contribution is 2.18. The Labute approximate surface area is 139 Å². The molecule has 1 aromatic carbocycles. The van der Waals surface area contributed by atoms with Crippen molar-refractivity contribution in [2.24, 2.45) is 7.05 Å². The zero-order valence-electron chi connectivity index (χ0n) is 13.2. The van der Waals surface area contributed by atoms with Crippen LogP contribution in [-0.2, 0) is 25.0 Å². The average Bonchev–Trinajstić information content (AvgIpc) is 2.90. The van der Waals surface area contributed by atoms with Crippen molar-refractivity contribution in [2.75, 3.05) is 12.3 Å². The Morgan fingerprint density at radius 2 is 2.26 bits per heavy atom. The molecule has 0 atom stereocenters. The van der Waals surface area contributed by atoms with E-state index in [-0.39, 0.29) is 24.1 Å². The third-order valence-corrected chi connectivity index (χ3v) is 4.55. The summed E-state index contributed by atoms with van der Waals surface area (Å²) in [5.74, 6) is -0.0842. The number of aromatic nitrogens is 2. The molecule has 0 spiro atoms. The second kappa shape index (κ2) is 8.12. The number of rotatable bonds is 7. The minimum absolute atomic E-state index is 0.0321. The van der Waals surface area contributed by atoms with Crippen molar-refractivity contribution < 1.29 is 14.3 Å². The zero-order valence-corrected chi connectivity index (χ0v) is 14.0. The lowest BCUT2D eigenvalue weighted by Crippen LogP contribution is -2.31. The Morgan fingerprint density at radius 3 is 2.87 bits per heavy atom. The predicted molar refractivity (Wildman–Crippen MR) is 87.3 cm³/mol. The van der Waals surface area contributed by atoms with Gasteiger partial charge in [0.1, 0.15) is 5.82 Å². The Hall–Kier alpha value is -1.86. The van der Waals surface area contributed by atoms with E-state index in [1.165, 1.54) is 23.9 Å². The van der Waals surface area contributed by atoms with Crippen LogP contribution in [0.1, 0.15) is 18.2 Å². The standard InChI is InChI=1S/C16H20FN3O2S/c1-3-20(9-12-5-4-6-13(17)7-12)15(22)11-23-16-18-8-14(10-21)19(16)2/h4-8,21H,3,9-11H2,1-2H3. The summed E-state index contributed by atoms with van der Waals surface area (Å²) >= 11 is 1.32. The molecule has 23 heavy (non-hydrogen) atoms. The fraction of sp³-hybridized carbons (Fsp3) is 0.375. The van der Waals surface area contributed by atoms with Crippen LogP contribution < -0.4 is 0 Å². The smallest absolute Gasteiger partial charge is 0.233 e. The molecule has 0 bridgehead atoms. The Balaban J connectivity index is 1.95. The summed E-state index contributed by atoms with van der Waals surface area (Å²) in [5, 5.41) is 9.83. The molecule has 2 rings (SSSR count). The first-order valence-electron chi connectivity index (χ1n) is 7.31. The second-order valence-electron chi connectivity index (χ2n) is 5.08. The molecule has 0 saturated heterocycles. The van der Waals surface area contributed by atoms with Gasteiger partial charge in [-0.15, -0.1) is 0 Å². The van der Waals surface area contributed by atoms with Crippen LogP contribution >= 0.6 is 11.8 Å². The normalized spacial score (nSPS) is 10.8. The van der Waals surface area contributed by atoms with Crippen molar-refractivity contribution in [3.63, 3.8) is 0 Å². The molecule has 0 fully saturated rings. The van der Waals surface area contributed by atoms with Crippen molar-refractivity contribution in [3.05, 3.63) is 47.5 Å². The molecule has 0 radical (unpaired) electrons. The number of carbonyl (C=O) groups excluding carboxylic acids is 1. The number of hydrogen-bond acceptors (Lipinski definition) is 4. The van der Waals surface area contributed by atoms with Crippen molar-refractivity contribution in [2.45, 2.75) is 25.2 Å². The number of nitrogens with zero attached hydrogens (tertiary/aromatic N) is 3. The molecular weight excluding hydrogens is 317 g/mol. The lowest BCUT2D eigenvalue weighted by Gasteiger charge is -2.20. The number of thioether (sulfide) groups is 1. The summed E-state index contributed by atoms with van der Waals surface area (Å²) in [5.41, 5.74) is 1.47. The summed E-state index contributed by atoms with van der Waals surface area (Å²) in [7, 11) is 1.80. The second-order valence-corrected chi connectivity index (χ2v) is 6.02. The van der Waals surface area contributed by atoms with Crippen LogP contribution in [0.25, 0.3) is 0 Å². The van der Waals surface area contributed by atoms with Gasteiger partial charge in [0.25, 0.3) is 0 Å². The van der Waals surface area contributed by atoms with Crippen LogP contribution in [0.4, 0.5) is 4.39 Å². The van der Waals surface area contributed by atoms with Gasteiger partial charge in [0, 0.05) is 20.1 Å². The van der Waals surface area contributed by atoms with Crippen molar-refractivity contribution >= 4 is 17.7 Å². The van der Waals surface area contributed by atoms with Crippen LogP contribution in [0.3, 0.4) is 0 Å². The molecular formula is C16H20FN3O2S. The minimum atomic E-state index is -0.301. The molecule has 0 unspecified atom stereocenters. The first-order valence-corrected chi connectivity index (χ1v) is 8.30. The van der Waals surface area contributed by atoms with Gasteiger partial charge in [-0.2, -0.15) is 0 Å². The number of aliphatic hydroxyl groups is 1. The fourth-order valence-electron chi connectivity index (χ4n) is 2.16. The molecule has 1 N–H and O–H groups in total. The molecule has 5 nitrogen and oxygen atoms in total. The van der Waals surface area contributed by atoms with Crippen LogP contribution in [0.15, 0.2) is 35.6 Å². The summed E-state index contributed by atoms with van der Waals surface area (Å²) in [6.07, 6.45) is 1.59. The molecule has 1 aromatic heterocycles. The van der Waals surface area contributed by atoms with Crippen molar-refractivity contribution in [3.8, 4) is 0 Å². The van der Waals surface area contributed by atoms with Crippen molar-refractivity contribution in [1.29, 1.82) is 0 Å². The van der Waals surface area contributed by atoms with E-state index in [1.54, 1.807) is 34.8 Å². The molecule has 0 saturated carbocycles. The number of benzene rings is 1. The average molecular weight is 337 g/mol. The topological polar surface area (TPSA) is 58.4 Å². The van der Waals surface area contributed by atoms with Gasteiger partial charge in [0.05, 0.1) is 24.3 Å². The number of hydrogen-bond donors (Lipinski definition) is 1. The molecule has 1 heterocycles. The highest BCUT2D eigenvalue weighted by Gasteiger charge is 2.15. The van der Waals surface area contributed by atoms with E-state index in [1.807, 2.05) is 6.92 Å². The van der Waals surface area contributed by atoms with Gasteiger partial charge < -0.3 is 14.6 Å². The highest BCUT2D eigenvalue weighted by molar-refractivity contribution is 7.99. The van der Waals surface area contributed by atoms with Crippen LogP contribution in [0.5, 0.6) is 0 Å². The number of halogens is 1. The number of aliphatic hydroxyl groups excluding tert-OH is 1. The van der Waals surface area contributed by atoms with Crippen LogP contribution in [-0.4, -0.2) is 37.8 Å². The van der Waals surface area contributed by atoms with E-state index in [2.05, 4.69) is 4.98 Å². The van der Waals surface area contributed by atoms with Crippen LogP contribution in [0.2, 0.25) is 0 Å². The lowest BCUT2D eigenvalue weighted by molar-refractivity contribution is -0.128. The Kier molecular flexibility index (Phi) is 6.18. The Morgan fingerprint density at radius 1 is 1.48 bits per heavy atom. The molecule has 0 aliphatic carbocycles. The number of carbonyl (C=O) groups is 1. The van der Waals surface area contributed by atoms with E-state index < -0.39 is 0 Å². The quantitative estimate of drug-likeness (QED) is 0.787. The molecule has 2 aromatic rings. The SMILES string of the molecule is CCN(Cc1cccc(F)c1)C(=O)CSc1ncc(CO)n1C. The lowest BCUT2D eigenvalue weighted by atomic mass is 10.2. The van der Waals surface area contributed by atoms with E-state index in [0.29, 0.717) is 23.9 Å². The maximum absolute atomic E-state index is 13.2. The maximum atomic E-state index is 13.2. The summed E-state index contributed by atoms with van der Waals surface area (Å²) in [4.78, 5) is 18.2. The first kappa shape index (κ1) is 17.5. The van der Waals surface area contributed by atoms with E-state index >= 15 is 0 Å². The third kappa shape index (κ3) is 4.56. The summed E-state index contributed by atoms with van der Waals surface area (Å²) in [6, 6.07) is 6.27. The molecule has 124 valence electrons. The number of amides is 1. The molecule has 0 aliphatic rings. The largest absolute Gasteiger partial charge is 0.390 e. The first-order chi connectivity index (χ1) is 11.0.